The first-order valence-electron chi connectivity index (χ1n) is 7.95. The molecule has 0 aliphatic heterocycles. The fraction of sp³-hybridized carbons (Fsp3) is 0.412. The van der Waals surface area contributed by atoms with Crippen LogP contribution in [-0.2, 0) is 0 Å². The van der Waals surface area contributed by atoms with Crippen molar-refractivity contribution in [1.82, 2.24) is 9.88 Å². The SMILES string of the molecule is Cc1ccc(-n2c(N)c(C(=O)NC3CCCCC3)sc2=S)cc1. The lowest BCUT2D eigenvalue weighted by Gasteiger charge is -2.22. The van der Waals surface area contributed by atoms with Gasteiger partial charge in [0.2, 0.25) is 0 Å². The Kier molecular flexibility index (Phi) is 4.82. The van der Waals surface area contributed by atoms with Gasteiger partial charge in [-0.15, -0.1) is 0 Å². The smallest absolute Gasteiger partial charge is 0.265 e. The van der Waals surface area contributed by atoms with E-state index in [1.165, 1.54) is 36.2 Å². The Morgan fingerprint density at radius 1 is 1.26 bits per heavy atom. The van der Waals surface area contributed by atoms with E-state index >= 15 is 0 Å². The van der Waals surface area contributed by atoms with Gasteiger partial charge in [-0.3, -0.25) is 9.36 Å². The quantitative estimate of drug-likeness (QED) is 0.817. The van der Waals surface area contributed by atoms with Gasteiger partial charge in [-0.25, -0.2) is 0 Å². The maximum Gasteiger partial charge on any atom is 0.265 e. The number of benzene rings is 1. The molecule has 0 unspecified atom stereocenters. The Morgan fingerprint density at radius 2 is 1.91 bits per heavy atom. The van der Waals surface area contributed by atoms with E-state index in [1.54, 1.807) is 4.57 Å². The molecular weight excluding hydrogens is 326 g/mol. The van der Waals surface area contributed by atoms with Crippen LogP contribution in [0.2, 0.25) is 0 Å². The van der Waals surface area contributed by atoms with Gasteiger partial charge in [0.1, 0.15) is 10.7 Å². The summed E-state index contributed by atoms with van der Waals surface area (Å²) < 4.78 is 2.37. The topological polar surface area (TPSA) is 60.0 Å². The number of hydrogen-bond donors (Lipinski definition) is 2. The number of rotatable bonds is 3. The normalized spacial score (nSPS) is 15.5. The van der Waals surface area contributed by atoms with Crippen LogP contribution in [0, 0.1) is 10.9 Å². The molecule has 1 aliphatic rings. The third-order valence-electron chi connectivity index (χ3n) is 4.28. The third-order valence-corrected chi connectivity index (χ3v) is 5.67. The zero-order valence-electron chi connectivity index (χ0n) is 13.2. The summed E-state index contributed by atoms with van der Waals surface area (Å²) in [4.78, 5) is 13.1. The van der Waals surface area contributed by atoms with Gasteiger partial charge in [-0.05, 0) is 44.1 Å². The second-order valence-corrected chi connectivity index (χ2v) is 7.71. The number of nitrogens with one attached hydrogen (secondary N) is 1. The van der Waals surface area contributed by atoms with Gasteiger partial charge in [0, 0.05) is 11.7 Å². The summed E-state index contributed by atoms with van der Waals surface area (Å²) >= 11 is 6.70. The summed E-state index contributed by atoms with van der Waals surface area (Å²) in [5.41, 5.74) is 8.29. The molecule has 6 heteroatoms. The highest BCUT2D eigenvalue weighted by Crippen LogP contribution is 2.27. The molecule has 1 saturated carbocycles. The Balaban J connectivity index is 1.86. The molecule has 3 rings (SSSR count). The number of carbonyl (C=O) groups is 1. The van der Waals surface area contributed by atoms with Gasteiger partial charge in [0.05, 0.1) is 0 Å². The molecule has 23 heavy (non-hydrogen) atoms. The van der Waals surface area contributed by atoms with Crippen molar-refractivity contribution in [1.29, 1.82) is 0 Å². The molecule has 0 atom stereocenters. The predicted octanol–water partition coefficient (Wildman–Crippen LogP) is 4.22. The van der Waals surface area contributed by atoms with Crippen molar-refractivity contribution >= 4 is 35.3 Å². The molecule has 0 radical (unpaired) electrons. The highest BCUT2D eigenvalue weighted by Gasteiger charge is 2.21. The maximum absolute atomic E-state index is 12.5. The largest absolute Gasteiger partial charge is 0.383 e. The minimum absolute atomic E-state index is 0.101. The predicted molar refractivity (Wildman–Crippen MR) is 98.0 cm³/mol. The zero-order valence-corrected chi connectivity index (χ0v) is 14.8. The lowest BCUT2D eigenvalue weighted by molar-refractivity contribution is 0.0932. The van der Waals surface area contributed by atoms with Crippen LogP contribution >= 0.6 is 23.6 Å². The van der Waals surface area contributed by atoms with Gasteiger partial charge >= 0.3 is 0 Å². The van der Waals surface area contributed by atoms with Gasteiger partial charge in [-0.1, -0.05) is 48.3 Å². The summed E-state index contributed by atoms with van der Waals surface area (Å²) in [5, 5.41) is 3.11. The number of anilines is 1. The van der Waals surface area contributed by atoms with E-state index in [-0.39, 0.29) is 11.9 Å². The standard InChI is InChI=1S/C17H21N3OS2/c1-11-7-9-13(10-8-11)20-15(18)14(23-17(20)22)16(21)19-12-5-3-2-4-6-12/h7-10,12H,2-6,18H2,1H3,(H,19,21). The van der Waals surface area contributed by atoms with Gasteiger partial charge < -0.3 is 11.1 Å². The molecule has 2 aromatic rings. The number of hydrogen-bond acceptors (Lipinski definition) is 4. The number of nitrogen functional groups attached to an aromatic ring is 1. The van der Waals surface area contributed by atoms with Crippen molar-refractivity contribution in [2.45, 2.75) is 45.1 Å². The van der Waals surface area contributed by atoms with Crippen LogP contribution in [0.3, 0.4) is 0 Å². The van der Waals surface area contributed by atoms with E-state index in [4.69, 9.17) is 18.0 Å². The number of nitrogens with zero attached hydrogens (tertiary/aromatic N) is 1. The number of amides is 1. The first-order valence-corrected chi connectivity index (χ1v) is 9.18. The first-order chi connectivity index (χ1) is 11.1. The molecule has 3 N–H and O–H groups in total. The number of carbonyl (C=O) groups excluding carboxylic acids is 1. The minimum Gasteiger partial charge on any atom is -0.383 e. The molecule has 1 aliphatic carbocycles. The number of thiazole rings is 1. The molecule has 1 aromatic carbocycles. The maximum atomic E-state index is 12.5. The number of aromatic nitrogens is 1. The van der Waals surface area contributed by atoms with E-state index in [0.29, 0.717) is 14.6 Å². The molecule has 1 amide bonds. The average Bonchev–Trinajstić information content (AvgIpc) is 2.84. The summed E-state index contributed by atoms with van der Waals surface area (Å²) in [6, 6.07) is 8.22. The highest BCUT2D eigenvalue weighted by atomic mass is 32.1. The van der Waals surface area contributed by atoms with Gasteiger partial charge in [0.25, 0.3) is 5.91 Å². The van der Waals surface area contributed by atoms with Crippen molar-refractivity contribution < 1.29 is 4.79 Å². The van der Waals surface area contributed by atoms with Crippen LogP contribution in [0.5, 0.6) is 0 Å². The Labute approximate surface area is 145 Å². The van der Waals surface area contributed by atoms with Crippen LogP contribution in [0.1, 0.15) is 47.3 Å². The van der Waals surface area contributed by atoms with Crippen LogP contribution in [-0.4, -0.2) is 16.5 Å². The molecule has 1 aromatic heterocycles. The minimum atomic E-state index is -0.101. The van der Waals surface area contributed by atoms with E-state index in [9.17, 15) is 4.79 Å². The molecule has 0 bridgehead atoms. The third kappa shape index (κ3) is 3.48. The Bertz CT molecular complexity index is 755. The van der Waals surface area contributed by atoms with E-state index < -0.39 is 0 Å². The van der Waals surface area contributed by atoms with Crippen LogP contribution < -0.4 is 11.1 Å². The molecular formula is C17H21N3OS2. The van der Waals surface area contributed by atoms with Gasteiger partial charge in [-0.2, -0.15) is 0 Å². The zero-order chi connectivity index (χ0) is 16.4. The highest BCUT2D eigenvalue weighted by molar-refractivity contribution is 7.73. The average molecular weight is 348 g/mol. The number of aryl methyl sites for hydroxylation is 1. The summed E-state index contributed by atoms with van der Waals surface area (Å²) in [5.74, 6) is 0.327. The van der Waals surface area contributed by atoms with E-state index in [0.717, 1.165) is 18.5 Å². The Hall–Kier alpha value is -1.66. The fourth-order valence-electron chi connectivity index (χ4n) is 2.98. The van der Waals surface area contributed by atoms with Crippen molar-refractivity contribution in [3.63, 3.8) is 0 Å². The molecule has 0 saturated heterocycles. The van der Waals surface area contributed by atoms with Crippen molar-refractivity contribution in [2.24, 2.45) is 0 Å². The van der Waals surface area contributed by atoms with Crippen LogP contribution in [0.15, 0.2) is 24.3 Å². The molecule has 122 valence electrons. The lowest BCUT2D eigenvalue weighted by atomic mass is 9.95. The van der Waals surface area contributed by atoms with Crippen molar-refractivity contribution in [3.8, 4) is 5.69 Å². The van der Waals surface area contributed by atoms with Crippen LogP contribution in [0.4, 0.5) is 5.82 Å². The summed E-state index contributed by atoms with van der Waals surface area (Å²) in [7, 11) is 0. The molecule has 4 nitrogen and oxygen atoms in total. The van der Waals surface area contributed by atoms with Gasteiger partial charge in [0.15, 0.2) is 3.95 Å². The number of nitrogens with two attached hydrogens (primary N) is 1. The van der Waals surface area contributed by atoms with E-state index in [1.807, 2.05) is 31.2 Å². The Morgan fingerprint density at radius 3 is 2.57 bits per heavy atom. The second-order valence-electron chi connectivity index (χ2n) is 6.06. The molecule has 1 heterocycles. The molecule has 1 fully saturated rings. The van der Waals surface area contributed by atoms with Crippen LogP contribution in [0.25, 0.3) is 5.69 Å². The lowest BCUT2D eigenvalue weighted by Crippen LogP contribution is -2.36. The first kappa shape index (κ1) is 16.2. The second kappa shape index (κ2) is 6.84. The molecule has 0 spiro atoms. The van der Waals surface area contributed by atoms with E-state index in [2.05, 4.69) is 5.32 Å². The summed E-state index contributed by atoms with van der Waals surface area (Å²) in [6.45, 7) is 2.03. The van der Waals surface area contributed by atoms with Crippen molar-refractivity contribution in [3.05, 3.63) is 38.7 Å². The van der Waals surface area contributed by atoms with Crippen molar-refractivity contribution in [2.75, 3.05) is 5.73 Å². The summed E-state index contributed by atoms with van der Waals surface area (Å²) in [6.07, 6.45) is 5.73. The monoisotopic (exact) mass is 347 g/mol. The fourth-order valence-corrected chi connectivity index (χ4v) is 4.25.